The molecule has 65 heavy (non-hydrogen) atoms. The molecule has 330 valence electrons. The number of ether oxygens (including phenoxy) is 1. The highest BCUT2D eigenvalue weighted by Gasteiger charge is 2.35. The molecule has 3 saturated heterocycles. The molecule has 0 saturated carbocycles. The molecule has 4 amide bonds. The fraction of sp³-hybridized carbons (Fsp3) is 0.306. The fourth-order valence-electron chi connectivity index (χ4n) is 9.94. The second-order valence-corrected chi connectivity index (χ2v) is 16.8. The van der Waals surface area contributed by atoms with Crippen LogP contribution in [-0.2, 0) is 30.1 Å². The molecule has 1 N–H and O–H groups in total. The zero-order chi connectivity index (χ0) is 44.9. The number of pyridine rings is 2. The van der Waals surface area contributed by atoms with Crippen LogP contribution >= 0.6 is 0 Å². The molecule has 7 aromatic rings. The monoisotopic (exact) mass is 871 g/mol. The molecule has 10 rings (SSSR count). The number of nitrogens with zero attached hydrogens (tertiary/aromatic N) is 10. The maximum absolute atomic E-state index is 13.9. The van der Waals surface area contributed by atoms with Crippen molar-refractivity contribution < 1.29 is 19.1 Å². The van der Waals surface area contributed by atoms with Gasteiger partial charge in [-0.1, -0.05) is 49.4 Å². The average molecular weight is 872 g/mol. The first kappa shape index (κ1) is 41.4. The van der Waals surface area contributed by atoms with E-state index >= 15 is 0 Å². The van der Waals surface area contributed by atoms with Crippen molar-refractivity contribution in [2.45, 2.75) is 50.9 Å². The van der Waals surface area contributed by atoms with Crippen molar-refractivity contribution in [1.29, 1.82) is 0 Å². The third-order valence-corrected chi connectivity index (χ3v) is 13.2. The van der Waals surface area contributed by atoms with E-state index in [1.54, 1.807) is 35.4 Å². The number of aromatic nitrogens is 7. The lowest BCUT2D eigenvalue weighted by molar-refractivity contribution is -0.134. The molecule has 16 heteroatoms. The number of carbonyl (C=O) groups is 3. The van der Waals surface area contributed by atoms with Crippen molar-refractivity contribution in [2.24, 2.45) is 14.1 Å². The lowest BCUT2D eigenvalue weighted by Gasteiger charge is -2.34. The largest absolute Gasteiger partial charge is 0.467 e. The summed E-state index contributed by atoms with van der Waals surface area (Å²) in [5.74, 6) is -0.0138. The molecule has 4 aromatic heterocycles. The molecule has 1 atom stereocenters. The van der Waals surface area contributed by atoms with Crippen molar-refractivity contribution in [3.63, 3.8) is 0 Å². The highest BCUT2D eigenvalue weighted by atomic mass is 16.5. The van der Waals surface area contributed by atoms with Gasteiger partial charge in [0.25, 0.3) is 0 Å². The number of methoxy groups -OCH3 is 1. The van der Waals surface area contributed by atoms with Crippen LogP contribution < -0.4 is 30.4 Å². The summed E-state index contributed by atoms with van der Waals surface area (Å²) >= 11 is 0. The molecule has 3 aliphatic rings. The van der Waals surface area contributed by atoms with Gasteiger partial charge in [0.15, 0.2) is 0 Å². The summed E-state index contributed by atoms with van der Waals surface area (Å²) in [5, 5.41) is 12.5. The number of rotatable bonds is 10. The number of anilines is 3. The van der Waals surface area contributed by atoms with E-state index in [0.717, 1.165) is 81.7 Å². The predicted octanol–water partition coefficient (Wildman–Crippen LogP) is 6.50. The number of urea groups is 1. The standard InChI is InChI=1S/C49H49N11O5/c1-5-35-37(19-23-51-45(35)59-27-26-58(49(59)64)34-8-7-22-50-29-34)36-16-15-33(60-47(65-4)54-56(3)48(60)63)28-40(36)32-13-11-30(12-14-32)31-20-24-57(25-21-31)41-10-6-9-38-43(53-55(2)44(38)41)39-17-18-42(61)52-46(39)62/h6-16,19,22-23,28-29,31,39H,5,17-18,20-21,24-27H2,1-4H3,(H,52,61,62). The smallest absolute Gasteiger partial charge is 0.353 e. The molecule has 16 nitrogen and oxygen atoms in total. The third kappa shape index (κ3) is 7.28. The number of hydrogen-bond acceptors (Lipinski definition) is 10. The van der Waals surface area contributed by atoms with Gasteiger partial charge in [-0.3, -0.25) is 34.4 Å². The number of benzene rings is 3. The molecule has 3 aliphatic heterocycles. The first-order valence-corrected chi connectivity index (χ1v) is 22.1. The molecule has 0 spiro atoms. The van der Waals surface area contributed by atoms with Gasteiger partial charge in [-0.05, 0) is 95.8 Å². The van der Waals surface area contributed by atoms with Crippen LogP contribution in [0.4, 0.5) is 22.0 Å². The number of amides is 4. The van der Waals surface area contributed by atoms with E-state index in [-0.39, 0.29) is 29.5 Å². The molecule has 3 aromatic carbocycles. The van der Waals surface area contributed by atoms with Gasteiger partial charge >= 0.3 is 17.7 Å². The first-order valence-electron chi connectivity index (χ1n) is 22.1. The molecule has 0 radical (unpaired) electrons. The molecule has 1 unspecified atom stereocenters. The summed E-state index contributed by atoms with van der Waals surface area (Å²) in [6, 6.07) is 26.6. The van der Waals surface area contributed by atoms with Gasteiger partial charge in [0.05, 0.1) is 47.5 Å². The van der Waals surface area contributed by atoms with Crippen molar-refractivity contribution >= 4 is 45.9 Å². The predicted molar refractivity (Wildman–Crippen MR) is 248 cm³/mol. The maximum atomic E-state index is 13.9. The Balaban J connectivity index is 0.954. The van der Waals surface area contributed by atoms with Gasteiger partial charge in [0.2, 0.25) is 11.8 Å². The highest BCUT2D eigenvalue weighted by Crippen LogP contribution is 2.41. The maximum Gasteiger partial charge on any atom is 0.353 e. The van der Waals surface area contributed by atoms with E-state index in [4.69, 9.17) is 14.8 Å². The number of para-hydroxylation sites is 1. The number of carbonyl (C=O) groups excluding carboxylic acids is 3. The summed E-state index contributed by atoms with van der Waals surface area (Å²) < 4.78 is 10.1. The van der Waals surface area contributed by atoms with Crippen LogP contribution in [0, 0.1) is 0 Å². The lowest BCUT2D eigenvalue weighted by atomic mass is 9.86. The van der Waals surface area contributed by atoms with Crippen LogP contribution in [0.5, 0.6) is 6.01 Å². The average Bonchev–Trinajstić information content (AvgIpc) is 3.99. The van der Waals surface area contributed by atoms with E-state index in [1.165, 1.54) is 21.9 Å². The van der Waals surface area contributed by atoms with Crippen LogP contribution in [0.15, 0.2) is 102 Å². The molecular formula is C49H49N11O5. The third-order valence-electron chi connectivity index (χ3n) is 13.2. The van der Waals surface area contributed by atoms with Crippen LogP contribution in [0.2, 0.25) is 0 Å². The molecule has 0 bridgehead atoms. The summed E-state index contributed by atoms with van der Waals surface area (Å²) in [6.45, 7) is 4.77. The normalized spacial score (nSPS) is 17.1. The lowest BCUT2D eigenvalue weighted by Crippen LogP contribution is -2.39. The van der Waals surface area contributed by atoms with E-state index in [2.05, 4.69) is 57.6 Å². The van der Waals surface area contributed by atoms with Crippen LogP contribution in [0.25, 0.3) is 38.8 Å². The van der Waals surface area contributed by atoms with Gasteiger partial charge < -0.3 is 9.64 Å². The Morgan fingerprint density at radius 1 is 0.769 bits per heavy atom. The highest BCUT2D eigenvalue weighted by molar-refractivity contribution is 6.07. The number of aryl methyl sites for hydroxylation is 2. The molecule has 7 heterocycles. The van der Waals surface area contributed by atoms with Crippen LogP contribution in [-0.4, -0.2) is 85.2 Å². The topological polar surface area (TPSA) is 166 Å². The van der Waals surface area contributed by atoms with E-state index < -0.39 is 5.92 Å². The van der Waals surface area contributed by atoms with E-state index in [1.807, 2.05) is 60.3 Å². The number of piperidine rings is 2. The minimum Gasteiger partial charge on any atom is -0.467 e. The SMILES string of the molecule is CCc1c(-c2ccc(-n3c(OC)nn(C)c3=O)cc2-c2ccc(C3CCN(c4cccc5c(C6CCC(=O)NC6=O)nn(C)c45)CC3)cc2)ccnc1N1CCN(c2cccnc2)C1=O. The van der Waals surface area contributed by atoms with Gasteiger partial charge in [-0.15, -0.1) is 5.10 Å². The Morgan fingerprint density at radius 3 is 2.31 bits per heavy atom. The summed E-state index contributed by atoms with van der Waals surface area (Å²) in [6.07, 6.45) is 8.44. The van der Waals surface area contributed by atoms with E-state index in [0.29, 0.717) is 49.8 Å². The first-order chi connectivity index (χ1) is 31.6. The fourth-order valence-corrected chi connectivity index (χ4v) is 9.94. The van der Waals surface area contributed by atoms with Crippen LogP contribution in [0.1, 0.15) is 61.3 Å². The Labute approximate surface area is 375 Å². The summed E-state index contributed by atoms with van der Waals surface area (Å²) in [4.78, 5) is 66.9. The molecule has 0 aliphatic carbocycles. The van der Waals surface area contributed by atoms with Gasteiger partial charge in [0.1, 0.15) is 5.82 Å². The van der Waals surface area contributed by atoms with Gasteiger partial charge in [0, 0.05) is 70.0 Å². The van der Waals surface area contributed by atoms with Crippen molar-refractivity contribution in [3.05, 3.63) is 125 Å². The van der Waals surface area contributed by atoms with E-state index in [9.17, 15) is 19.2 Å². The molecular weight excluding hydrogens is 823 g/mol. The second-order valence-electron chi connectivity index (χ2n) is 16.8. The minimum absolute atomic E-state index is 0.148. The Morgan fingerprint density at radius 2 is 1.57 bits per heavy atom. The Hall–Kier alpha value is -7.62. The number of nitrogens with one attached hydrogen (secondary N) is 1. The Kier molecular flexibility index (Phi) is 10.7. The van der Waals surface area contributed by atoms with Crippen LogP contribution in [0.3, 0.4) is 0 Å². The quantitative estimate of drug-likeness (QED) is 0.150. The number of fused-ring (bicyclic) bond motifs is 1. The van der Waals surface area contributed by atoms with Gasteiger partial charge in [-0.25, -0.2) is 23.8 Å². The zero-order valence-electron chi connectivity index (χ0n) is 36.8. The Bertz CT molecular complexity index is 3040. The summed E-state index contributed by atoms with van der Waals surface area (Å²) in [7, 11) is 5.02. The second kappa shape index (κ2) is 16.8. The van der Waals surface area contributed by atoms with Crippen molar-refractivity contribution in [1.82, 2.24) is 39.4 Å². The van der Waals surface area contributed by atoms with Crippen molar-refractivity contribution in [3.8, 4) is 34.0 Å². The zero-order valence-corrected chi connectivity index (χ0v) is 36.8. The molecule has 3 fully saturated rings. The van der Waals surface area contributed by atoms with Crippen molar-refractivity contribution in [2.75, 3.05) is 48.0 Å². The number of imide groups is 1. The minimum atomic E-state index is -0.457. The van der Waals surface area contributed by atoms with Gasteiger partial charge in [-0.2, -0.15) is 5.10 Å². The summed E-state index contributed by atoms with van der Waals surface area (Å²) in [5.41, 5.74) is 9.76. The number of hydrogen-bond donors (Lipinski definition) is 1.